The summed E-state index contributed by atoms with van der Waals surface area (Å²) < 4.78 is 0. The van der Waals surface area contributed by atoms with Gasteiger partial charge in [-0.25, -0.2) is 0 Å². The average Bonchev–Trinajstić information content (AvgIpc) is 2.34. The number of nitrogens with zero attached hydrogens (tertiary/aromatic N) is 1. The third kappa shape index (κ3) is 4.51. The van der Waals surface area contributed by atoms with E-state index in [0.717, 1.165) is 6.07 Å². The first kappa shape index (κ1) is 15.9. The molecule has 1 rings (SSSR count). The number of nitro groups is 1. The first-order valence-electron chi connectivity index (χ1n) is 5.82. The molecule has 2 N–H and O–H groups in total. The van der Waals surface area contributed by atoms with E-state index in [-0.39, 0.29) is 34.8 Å². The summed E-state index contributed by atoms with van der Waals surface area (Å²) in [5.41, 5.74) is -0.126. The zero-order valence-electron chi connectivity index (χ0n) is 11.0. The highest BCUT2D eigenvalue weighted by Crippen LogP contribution is 2.24. The topological polar surface area (TPSA) is 101 Å². The summed E-state index contributed by atoms with van der Waals surface area (Å²) >= 11 is 5.70. The van der Waals surface area contributed by atoms with Crippen molar-refractivity contribution < 1.29 is 14.5 Å². The van der Waals surface area contributed by atoms with Gasteiger partial charge in [0.15, 0.2) is 0 Å². The maximum Gasteiger partial charge on any atom is 0.287 e. The summed E-state index contributed by atoms with van der Waals surface area (Å²) in [7, 11) is 0. The van der Waals surface area contributed by atoms with Gasteiger partial charge in [-0.2, -0.15) is 0 Å². The van der Waals surface area contributed by atoms with Crippen LogP contribution < -0.4 is 10.6 Å². The highest BCUT2D eigenvalue weighted by atomic mass is 35.5. The highest BCUT2D eigenvalue weighted by molar-refractivity contribution is 6.33. The van der Waals surface area contributed by atoms with Crippen LogP contribution in [0.2, 0.25) is 5.02 Å². The van der Waals surface area contributed by atoms with Crippen molar-refractivity contribution in [2.45, 2.75) is 19.9 Å². The van der Waals surface area contributed by atoms with Crippen LogP contribution in [0.15, 0.2) is 18.2 Å². The molecule has 0 spiro atoms. The van der Waals surface area contributed by atoms with Gasteiger partial charge in [0.05, 0.1) is 11.5 Å². The lowest BCUT2D eigenvalue weighted by Crippen LogP contribution is -2.39. The molecule has 0 unspecified atom stereocenters. The van der Waals surface area contributed by atoms with Crippen molar-refractivity contribution in [2.24, 2.45) is 0 Å². The Bertz CT molecular complexity index is 546. The van der Waals surface area contributed by atoms with Gasteiger partial charge in [-0.3, -0.25) is 19.7 Å². The van der Waals surface area contributed by atoms with Crippen molar-refractivity contribution in [1.82, 2.24) is 10.6 Å². The van der Waals surface area contributed by atoms with E-state index in [1.165, 1.54) is 12.1 Å². The summed E-state index contributed by atoms with van der Waals surface area (Å²) in [5, 5.41) is 15.5. The minimum absolute atomic E-state index is 0.0202. The number of benzene rings is 1. The maximum atomic E-state index is 11.7. The predicted octanol–water partition coefficient (Wildman–Crippen LogP) is 1.50. The molecular formula is C12H14ClN3O4. The molecule has 0 aliphatic rings. The quantitative estimate of drug-likeness (QED) is 0.635. The first-order valence-corrected chi connectivity index (χ1v) is 6.20. The monoisotopic (exact) mass is 299 g/mol. The molecule has 0 aliphatic heterocycles. The van der Waals surface area contributed by atoms with Crippen molar-refractivity contribution in [3.8, 4) is 0 Å². The van der Waals surface area contributed by atoms with Crippen LogP contribution in [0.5, 0.6) is 0 Å². The van der Waals surface area contributed by atoms with Crippen molar-refractivity contribution in [3.05, 3.63) is 38.9 Å². The second-order valence-corrected chi connectivity index (χ2v) is 4.74. The maximum absolute atomic E-state index is 11.7. The van der Waals surface area contributed by atoms with Crippen molar-refractivity contribution >= 4 is 29.1 Å². The third-order valence-electron chi connectivity index (χ3n) is 2.27. The second kappa shape index (κ2) is 6.85. The van der Waals surface area contributed by atoms with Gasteiger partial charge in [0, 0.05) is 17.7 Å². The van der Waals surface area contributed by atoms with Crippen LogP contribution in [-0.4, -0.2) is 29.3 Å². The van der Waals surface area contributed by atoms with E-state index in [1.54, 1.807) is 13.8 Å². The Morgan fingerprint density at radius 3 is 2.55 bits per heavy atom. The molecule has 0 fully saturated rings. The third-order valence-corrected chi connectivity index (χ3v) is 2.57. The fourth-order valence-electron chi connectivity index (χ4n) is 1.43. The van der Waals surface area contributed by atoms with Crippen LogP contribution in [0.25, 0.3) is 0 Å². The molecule has 0 saturated carbocycles. The molecule has 108 valence electrons. The van der Waals surface area contributed by atoms with Crippen LogP contribution in [0.4, 0.5) is 5.69 Å². The van der Waals surface area contributed by atoms with Crippen LogP contribution in [-0.2, 0) is 4.79 Å². The van der Waals surface area contributed by atoms with Crippen LogP contribution in [0.1, 0.15) is 24.2 Å². The molecule has 8 heteroatoms. The Morgan fingerprint density at radius 2 is 2.05 bits per heavy atom. The summed E-state index contributed by atoms with van der Waals surface area (Å²) in [6, 6.07) is 3.59. The second-order valence-electron chi connectivity index (χ2n) is 4.33. The van der Waals surface area contributed by atoms with E-state index in [2.05, 4.69) is 10.6 Å². The molecule has 0 radical (unpaired) electrons. The first-order chi connectivity index (χ1) is 9.31. The lowest BCUT2D eigenvalue weighted by atomic mass is 10.2. The summed E-state index contributed by atoms with van der Waals surface area (Å²) in [5.74, 6) is -0.845. The molecule has 1 aromatic rings. The molecule has 0 atom stereocenters. The fraction of sp³-hybridized carbons (Fsp3) is 0.333. The molecule has 20 heavy (non-hydrogen) atoms. The minimum atomic E-state index is -0.639. The van der Waals surface area contributed by atoms with Gasteiger partial charge < -0.3 is 10.6 Å². The van der Waals surface area contributed by atoms with E-state index >= 15 is 0 Å². The van der Waals surface area contributed by atoms with Crippen LogP contribution in [0.3, 0.4) is 0 Å². The zero-order valence-corrected chi connectivity index (χ0v) is 11.7. The fourth-order valence-corrected chi connectivity index (χ4v) is 1.68. The zero-order chi connectivity index (χ0) is 15.3. The Labute approximate surface area is 120 Å². The SMILES string of the molecule is CC(C)NC(=O)CNC(=O)c1ccc([N+](=O)[O-])c(Cl)c1. The number of hydrogen-bond acceptors (Lipinski definition) is 4. The van der Waals surface area contributed by atoms with Gasteiger partial charge in [0.1, 0.15) is 5.02 Å². The number of hydrogen-bond donors (Lipinski definition) is 2. The molecule has 0 aliphatic carbocycles. The number of rotatable bonds is 5. The Balaban J connectivity index is 2.67. The van der Waals surface area contributed by atoms with E-state index in [1.807, 2.05) is 0 Å². The van der Waals surface area contributed by atoms with E-state index in [9.17, 15) is 19.7 Å². The van der Waals surface area contributed by atoms with Crippen molar-refractivity contribution in [2.75, 3.05) is 6.54 Å². The number of amides is 2. The average molecular weight is 300 g/mol. The van der Waals surface area contributed by atoms with Gasteiger partial charge in [0.25, 0.3) is 11.6 Å². The number of carbonyl (C=O) groups excluding carboxylic acids is 2. The minimum Gasteiger partial charge on any atom is -0.352 e. The summed E-state index contributed by atoms with van der Waals surface area (Å²) in [4.78, 5) is 33.1. The molecule has 0 bridgehead atoms. The standard InChI is InChI=1S/C12H14ClN3O4/c1-7(2)15-11(17)6-14-12(18)8-3-4-10(16(19)20)9(13)5-8/h3-5,7H,6H2,1-2H3,(H,14,18)(H,15,17). The lowest BCUT2D eigenvalue weighted by molar-refractivity contribution is -0.384. The van der Waals surface area contributed by atoms with Gasteiger partial charge in [0.2, 0.25) is 5.91 Å². The van der Waals surface area contributed by atoms with Crippen LogP contribution >= 0.6 is 11.6 Å². The van der Waals surface area contributed by atoms with Gasteiger partial charge in [-0.1, -0.05) is 11.6 Å². The van der Waals surface area contributed by atoms with E-state index < -0.39 is 10.8 Å². The smallest absolute Gasteiger partial charge is 0.287 e. The lowest BCUT2D eigenvalue weighted by Gasteiger charge is -2.09. The Morgan fingerprint density at radius 1 is 1.40 bits per heavy atom. The van der Waals surface area contributed by atoms with E-state index in [4.69, 9.17) is 11.6 Å². The molecule has 0 aromatic heterocycles. The van der Waals surface area contributed by atoms with Gasteiger partial charge >= 0.3 is 0 Å². The number of nitrogens with one attached hydrogen (secondary N) is 2. The number of halogens is 1. The van der Waals surface area contributed by atoms with Crippen molar-refractivity contribution in [1.29, 1.82) is 0 Å². The molecular weight excluding hydrogens is 286 g/mol. The summed E-state index contributed by atoms with van der Waals surface area (Å²) in [6.45, 7) is 3.43. The number of carbonyl (C=O) groups is 2. The molecule has 1 aromatic carbocycles. The normalized spacial score (nSPS) is 10.2. The Kier molecular flexibility index (Phi) is 5.45. The van der Waals surface area contributed by atoms with Gasteiger partial charge in [-0.05, 0) is 26.0 Å². The Hall–Kier alpha value is -2.15. The van der Waals surface area contributed by atoms with Crippen molar-refractivity contribution in [3.63, 3.8) is 0 Å². The molecule has 2 amide bonds. The highest BCUT2D eigenvalue weighted by Gasteiger charge is 2.15. The number of nitro benzene ring substituents is 1. The van der Waals surface area contributed by atoms with Crippen LogP contribution in [0, 0.1) is 10.1 Å². The molecule has 0 saturated heterocycles. The molecule has 0 heterocycles. The predicted molar refractivity (Wildman–Crippen MR) is 73.7 cm³/mol. The summed E-state index contributed by atoms with van der Waals surface area (Å²) in [6.07, 6.45) is 0. The molecule has 7 nitrogen and oxygen atoms in total. The van der Waals surface area contributed by atoms with Gasteiger partial charge in [-0.15, -0.1) is 0 Å². The largest absolute Gasteiger partial charge is 0.352 e. The van der Waals surface area contributed by atoms with E-state index in [0.29, 0.717) is 0 Å².